The third-order valence-electron chi connectivity index (χ3n) is 8.28. The lowest BCUT2D eigenvalue weighted by Gasteiger charge is -2.26. The van der Waals surface area contributed by atoms with Gasteiger partial charge < -0.3 is 19.5 Å². The van der Waals surface area contributed by atoms with Crippen molar-refractivity contribution in [3.63, 3.8) is 0 Å². The number of aryl methyl sites for hydroxylation is 3. The number of amides is 1. The van der Waals surface area contributed by atoms with Crippen LogP contribution in [-0.4, -0.2) is 64.2 Å². The zero-order valence-corrected chi connectivity index (χ0v) is 27.4. The van der Waals surface area contributed by atoms with Crippen LogP contribution in [0.15, 0.2) is 90.3 Å². The highest BCUT2D eigenvalue weighted by molar-refractivity contribution is 7.89. The number of hydrogen-bond acceptors (Lipinski definition) is 6. The first-order chi connectivity index (χ1) is 21.8. The van der Waals surface area contributed by atoms with Crippen LogP contribution >= 0.6 is 0 Å². The van der Waals surface area contributed by atoms with E-state index in [9.17, 15) is 13.2 Å². The van der Waals surface area contributed by atoms with E-state index in [1.165, 1.54) is 35.7 Å². The first-order valence-corrected chi connectivity index (χ1v) is 17.1. The molecule has 1 heterocycles. The molecule has 3 aromatic rings. The number of nitrogens with zero attached hydrogens (tertiary/aromatic N) is 1. The van der Waals surface area contributed by atoms with Gasteiger partial charge in [-0.15, -0.1) is 6.58 Å². The van der Waals surface area contributed by atoms with Crippen LogP contribution in [0, 0.1) is 6.92 Å². The quantitative estimate of drug-likeness (QED) is 0.187. The van der Waals surface area contributed by atoms with Gasteiger partial charge in [-0.05, 0) is 68.2 Å². The Labute approximate surface area is 268 Å². The van der Waals surface area contributed by atoms with E-state index in [-0.39, 0.29) is 36.4 Å². The molecule has 1 amide bonds. The Morgan fingerprint density at radius 2 is 1.58 bits per heavy atom. The van der Waals surface area contributed by atoms with E-state index in [2.05, 4.69) is 36.2 Å². The Hall–Kier alpha value is -3.66. The first kappa shape index (κ1) is 34.2. The molecule has 8 nitrogen and oxygen atoms in total. The van der Waals surface area contributed by atoms with Gasteiger partial charge in [0.05, 0.1) is 31.8 Å². The Morgan fingerprint density at radius 1 is 0.978 bits per heavy atom. The van der Waals surface area contributed by atoms with Crippen LogP contribution in [0.5, 0.6) is 11.5 Å². The second-order valence-electron chi connectivity index (χ2n) is 11.5. The number of nitrogens with one attached hydrogen (secondary N) is 1. The van der Waals surface area contributed by atoms with Crippen molar-refractivity contribution in [1.29, 1.82) is 0 Å². The Kier molecular flexibility index (Phi) is 12.6. The molecule has 4 rings (SSSR count). The fourth-order valence-corrected chi connectivity index (χ4v) is 7.72. The summed E-state index contributed by atoms with van der Waals surface area (Å²) in [5.41, 5.74) is 3.13. The molecule has 1 unspecified atom stereocenters. The molecule has 45 heavy (non-hydrogen) atoms. The van der Waals surface area contributed by atoms with Crippen molar-refractivity contribution >= 4 is 15.9 Å². The topological polar surface area (TPSA) is 94.2 Å². The molecule has 2 atom stereocenters. The second-order valence-corrected chi connectivity index (χ2v) is 13.4. The highest BCUT2D eigenvalue weighted by Crippen LogP contribution is 2.36. The maximum Gasteiger partial charge on any atom is 0.244 e. The maximum absolute atomic E-state index is 14.1. The van der Waals surface area contributed by atoms with Gasteiger partial charge in [-0.3, -0.25) is 4.79 Å². The molecule has 1 aliphatic heterocycles. The van der Waals surface area contributed by atoms with Gasteiger partial charge in [0.1, 0.15) is 6.04 Å². The molecule has 0 spiro atoms. The number of rotatable bonds is 17. The Morgan fingerprint density at radius 3 is 2.11 bits per heavy atom. The predicted molar refractivity (Wildman–Crippen MR) is 177 cm³/mol. The Bertz CT molecular complexity index is 1450. The van der Waals surface area contributed by atoms with Crippen LogP contribution in [-0.2, 0) is 32.4 Å². The summed E-state index contributed by atoms with van der Waals surface area (Å²) in [6, 6.07) is 22.6. The minimum Gasteiger partial charge on any atom is -0.493 e. The lowest BCUT2D eigenvalue weighted by Crippen LogP contribution is -2.48. The summed E-state index contributed by atoms with van der Waals surface area (Å²) in [5.74, 6) is 0.478. The van der Waals surface area contributed by atoms with Crippen LogP contribution in [0.3, 0.4) is 0 Å². The minimum absolute atomic E-state index is 0.0436. The summed E-state index contributed by atoms with van der Waals surface area (Å²) >= 11 is 0. The summed E-state index contributed by atoms with van der Waals surface area (Å²) in [5, 5.41) is 3.25. The van der Waals surface area contributed by atoms with Gasteiger partial charge in [-0.2, -0.15) is 4.31 Å². The lowest BCUT2D eigenvalue weighted by molar-refractivity contribution is -0.125. The number of carbonyl (C=O) groups excluding carboxylic acids is 1. The van der Waals surface area contributed by atoms with E-state index in [4.69, 9.17) is 14.2 Å². The molecule has 9 heteroatoms. The van der Waals surface area contributed by atoms with E-state index >= 15 is 0 Å². The molecule has 0 radical (unpaired) electrons. The fourth-order valence-electron chi connectivity index (χ4n) is 5.99. The zero-order chi connectivity index (χ0) is 32.2. The molecule has 0 bridgehead atoms. The third kappa shape index (κ3) is 9.19. The van der Waals surface area contributed by atoms with Crippen molar-refractivity contribution in [3.05, 3.63) is 102 Å². The summed E-state index contributed by atoms with van der Waals surface area (Å²) < 4.78 is 46.2. The number of methoxy groups -OCH3 is 2. The van der Waals surface area contributed by atoms with Gasteiger partial charge in [0.15, 0.2) is 11.5 Å². The number of ether oxygens (including phenoxy) is 3. The van der Waals surface area contributed by atoms with E-state index < -0.39 is 22.2 Å². The molecule has 0 aliphatic carbocycles. The average molecular weight is 635 g/mol. The molecule has 1 N–H and O–H groups in total. The normalized spacial score (nSPS) is 16.9. The molecule has 1 fully saturated rings. The van der Waals surface area contributed by atoms with Gasteiger partial charge in [0, 0.05) is 25.1 Å². The molecule has 0 aromatic heterocycles. The summed E-state index contributed by atoms with van der Waals surface area (Å²) in [6.07, 6.45) is 6.65. The monoisotopic (exact) mass is 634 g/mol. The Balaban J connectivity index is 1.54. The molecular formula is C36H46N2O6S. The van der Waals surface area contributed by atoms with Crippen LogP contribution in [0.1, 0.15) is 48.8 Å². The average Bonchev–Trinajstić information content (AvgIpc) is 3.49. The van der Waals surface area contributed by atoms with Gasteiger partial charge in [0.25, 0.3) is 0 Å². The van der Waals surface area contributed by atoms with Crippen LogP contribution in [0.25, 0.3) is 0 Å². The van der Waals surface area contributed by atoms with Gasteiger partial charge in [-0.25, -0.2) is 8.42 Å². The molecular weight excluding hydrogens is 588 g/mol. The van der Waals surface area contributed by atoms with Crippen molar-refractivity contribution < 1.29 is 27.4 Å². The maximum atomic E-state index is 14.1. The van der Waals surface area contributed by atoms with E-state index in [0.29, 0.717) is 17.1 Å². The highest BCUT2D eigenvalue weighted by Gasteiger charge is 2.45. The van der Waals surface area contributed by atoms with E-state index in [0.717, 1.165) is 38.5 Å². The number of sulfonamides is 1. The zero-order valence-electron chi connectivity index (χ0n) is 26.6. The van der Waals surface area contributed by atoms with E-state index in [1.807, 2.05) is 36.4 Å². The summed E-state index contributed by atoms with van der Waals surface area (Å²) in [6.45, 7) is 5.81. The highest BCUT2D eigenvalue weighted by atomic mass is 32.2. The van der Waals surface area contributed by atoms with Gasteiger partial charge in [-0.1, -0.05) is 66.7 Å². The molecule has 242 valence electrons. The fraction of sp³-hybridized carbons (Fsp3) is 0.417. The molecule has 1 saturated heterocycles. The second kappa shape index (κ2) is 16.6. The molecule has 3 aromatic carbocycles. The number of hydrogen-bond donors (Lipinski definition) is 1. The smallest absolute Gasteiger partial charge is 0.244 e. The van der Waals surface area contributed by atoms with Crippen LogP contribution in [0.2, 0.25) is 0 Å². The number of carbonyl (C=O) groups is 1. The SMILES string of the molecule is C=CCOC1C[C@@H](C(=O)NC(CCCc2ccccc2)CCCc2ccccc2)N(S(=O)(=O)c2cc(C)c(OC)c(OC)c2)C1. The minimum atomic E-state index is -4.08. The predicted octanol–water partition coefficient (Wildman–Crippen LogP) is 5.88. The van der Waals surface area contributed by atoms with Crippen molar-refractivity contribution in [2.45, 2.75) is 75.0 Å². The van der Waals surface area contributed by atoms with Crippen LogP contribution in [0.4, 0.5) is 0 Å². The molecule has 0 saturated carbocycles. The van der Waals surface area contributed by atoms with E-state index in [1.54, 1.807) is 19.1 Å². The van der Waals surface area contributed by atoms with Gasteiger partial charge in [0.2, 0.25) is 15.9 Å². The summed E-state index contributed by atoms with van der Waals surface area (Å²) in [7, 11) is -1.10. The van der Waals surface area contributed by atoms with Crippen molar-refractivity contribution in [2.24, 2.45) is 0 Å². The first-order valence-electron chi connectivity index (χ1n) is 15.6. The standard InChI is InChI=1S/C36H46N2O6S/c1-5-22-44-31-24-33(38(26-31)45(40,41)32-23-27(2)35(43-4)34(25-32)42-3)36(39)37-30(20-12-18-28-14-8-6-9-15-28)21-13-19-29-16-10-7-11-17-29/h5-11,14-17,23,25,30-31,33H,1,12-13,18-22,24,26H2,2-4H3,(H,37,39)/t31?,33-/m0/s1. The van der Waals surface area contributed by atoms with Crippen molar-refractivity contribution in [3.8, 4) is 11.5 Å². The third-order valence-corrected chi connectivity index (χ3v) is 10.1. The van der Waals surface area contributed by atoms with Crippen molar-refractivity contribution in [2.75, 3.05) is 27.4 Å². The molecule has 1 aliphatic rings. The largest absolute Gasteiger partial charge is 0.493 e. The summed E-state index contributed by atoms with van der Waals surface area (Å²) in [4.78, 5) is 14.0. The van der Waals surface area contributed by atoms with Crippen molar-refractivity contribution in [1.82, 2.24) is 9.62 Å². The lowest BCUT2D eigenvalue weighted by atomic mass is 9.98. The number of benzene rings is 3. The van der Waals surface area contributed by atoms with Gasteiger partial charge >= 0.3 is 0 Å². The van der Waals surface area contributed by atoms with Crippen LogP contribution < -0.4 is 14.8 Å².